The van der Waals surface area contributed by atoms with E-state index in [1.54, 1.807) is 0 Å². The van der Waals surface area contributed by atoms with Crippen LogP contribution in [-0.2, 0) is 0 Å². The van der Waals surface area contributed by atoms with Gasteiger partial charge in [0.15, 0.2) is 8.07 Å². The van der Waals surface area contributed by atoms with Gasteiger partial charge < -0.3 is 0 Å². The van der Waals surface area contributed by atoms with Crippen molar-refractivity contribution in [1.82, 2.24) is 0 Å². The molecule has 55 heavy (non-hydrogen) atoms. The Bertz CT molecular complexity index is 3100. The Morgan fingerprint density at radius 1 is 0.236 bits per heavy atom. The average molecular weight is 711 g/mol. The fourth-order valence-corrected chi connectivity index (χ4v) is 16.0. The van der Waals surface area contributed by atoms with Gasteiger partial charge in [-0.05, 0) is 109 Å². The lowest BCUT2D eigenvalue weighted by Crippen LogP contribution is -2.70. The zero-order valence-corrected chi connectivity index (χ0v) is 31.1. The third-order valence-electron chi connectivity index (χ3n) is 12.5. The number of fused-ring (bicyclic) bond motifs is 13. The number of benzene rings is 10. The summed E-state index contributed by atoms with van der Waals surface area (Å²) in [6.07, 6.45) is 0. The topological polar surface area (TPSA) is 0 Å². The quantitative estimate of drug-likeness (QED) is 0.126. The Morgan fingerprint density at radius 2 is 0.636 bits per heavy atom. The first-order chi connectivity index (χ1) is 27.3. The van der Waals surface area contributed by atoms with Gasteiger partial charge in [0, 0.05) is 0 Å². The predicted molar refractivity (Wildman–Crippen MR) is 237 cm³/mol. The van der Waals surface area contributed by atoms with Crippen molar-refractivity contribution in [3.8, 4) is 55.6 Å². The van der Waals surface area contributed by atoms with Crippen molar-refractivity contribution in [2.45, 2.75) is 0 Å². The molecule has 0 saturated heterocycles. The molecule has 1 heteroatoms. The molecule has 0 aromatic heterocycles. The van der Waals surface area contributed by atoms with E-state index in [-0.39, 0.29) is 0 Å². The number of hydrogen-bond donors (Lipinski definition) is 0. The molecular formula is C54H34Si. The Hall–Kier alpha value is -6.80. The summed E-state index contributed by atoms with van der Waals surface area (Å²) in [5, 5.41) is 13.7. The van der Waals surface area contributed by atoms with Gasteiger partial charge in [-0.15, -0.1) is 0 Å². The summed E-state index contributed by atoms with van der Waals surface area (Å²) in [6, 6.07) is 77.7. The molecule has 1 spiro atoms. The van der Waals surface area contributed by atoms with Crippen molar-refractivity contribution in [1.29, 1.82) is 0 Å². The molecule has 2 aliphatic rings. The maximum absolute atomic E-state index is 2.60. The molecule has 0 N–H and O–H groups in total. The molecule has 0 fully saturated rings. The van der Waals surface area contributed by atoms with E-state index in [9.17, 15) is 0 Å². The van der Waals surface area contributed by atoms with E-state index in [2.05, 4.69) is 206 Å². The van der Waals surface area contributed by atoms with Crippen LogP contribution in [0.5, 0.6) is 0 Å². The van der Waals surface area contributed by atoms with Gasteiger partial charge in [0.2, 0.25) is 0 Å². The first-order valence-corrected chi connectivity index (χ1v) is 21.3. The summed E-state index contributed by atoms with van der Waals surface area (Å²) in [4.78, 5) is 0. The molecule has 0 unspecified atom stereocenters. The molecule has 0 nitrogen and oxygen atoms in total. The highest BCUT2D eigenvalue weighted by atomic mass is 28.3. The van der Waals surface area contributed by atoms with Gasteiger partial charge in [-0.2, -0.15) is 0 Å². The molecule has 0 radical (unpaired) electrons. The van der Waals surface area contributed by atoms with Crippen LogP contribution < -0.4 is 20.7 Å². The molecule has 0 aliphatic carbocycles. The Morgan fingerprint density at radius 3 is 1.22 bits per heavy atom. The molecule has 12 rings (SSSR count). The second kappa shape index (κ2) is 11.6. The summed E-state index contributed by atoms with van der Waals surface area (Å²) >= 11 is 0. The maximum Gasteiger partial charge on any atom is 0.182 e. The second-order valence-electron chi connectivity index (χ2n) is 15.1. The van der Waals surface area contributed by atoms with E-state index in [1.807, 2.05) is 0 Å². The van der Waals surface area contributed by atoms with Crippen LogP contribution in [0.3, 0.4) is 0 Å². The molecule has 10 aromatic rings. The zero-order chi connectivity index (χ0) is 36.1. The second-order valence-corrected chi connectivity index (χ2v) is 18.7. The largest absolute Gasteiger partial charge is 0.182 e. The van der Waals surface area contributed by atoms with Crippen molar-refractivity contribution in [3.05, 3.63) is 206 Å². The zero-order valence-electron chi connectivity index (χ0n) is 30.1. The third kappa shape index (κ3) is 4.11. The fourth-order valence-electron chi connectivity index (χ4n) is 10.4. The smallest absolute Gasteiger partial charge is 0.0623 e. The minimum Gasteiger partial charge on any atom is -0.0623 e. The molecule has 0 atom stereocenters. The van der Waals surface area contributed by atoms with Crippen LogP contribution in [0.2, 0.25) is 0 Å². The van der Waals surface area contributed by atoms with Crippen molar-refractivity contribution >= 4 is 61.1 Å². The maximum atomic E-state index is 2.60. The van der Waals surface area contributed by atoms with Crippen LogP contribution in [0.1, 0.15) is 0 Å². The average Bonchev–Trinajstić information content (AvgIpc) is 3.72. The van der Waals surface area contributed by atoms with E-state index in [4.69, 9.17) is 0 Å². The number of rotatable bonds is 3. The van der Waals surface area contributed by atoms with E-state index >= 15 is 0 Å². The van der Waals surface area contributed by atoms with Crippen molar-refractivity contribution in [2.24, 2.45) is 0 Å². The summed E-state index contributed by atoms with van der Waals surface area (Å²) in [5.74, 6) is 0. The van der Waals surface area contributed by atoms with Crippen molar-refractivity contribution in [3.63, 3.8) is 0 Å². The van der Waals surface area contributed by atoms with E-state index in [0.29, 0.717) is 0 Å². The van der Waals surface area contributed by atoms with Gasteiger partial charge in [-0.25, -0.2) is 0 Å². The van der Waals surface area contributed by atoms with Gasteiger partial charge in [0.25, 0.3) is 0 Å². The summed E-state index contributed by atoms with van der Waals surface area (Å²) in [6.45, 7) is 0. The molecule has 0 amide bonds. The Labute approximate surface area is 321 Å². The molecule has 2 aliphatic heterocycles. The first kappa shape index (κ1) is 30.6. The number of hydrogen-bond acceptors (Lipinski definition) is 0. The van der Waals surface area contributed by atoms with Crippen LogP contribution in [0.15, 0.2) is 206 Å². The predicted octanol–water partition coefficient (Wildman–Crippen LogP) is 11.5. The lowest BCUT2D eigenvalue weighted by atomic mass is 9.83. The van der Waals surface area contributed by atoms with Crippen molar-refractivity contribution in [2.75, 3.05) is 0 Å². The summed E-state index contributed by atoms with van der Waals surface area (Å²) in [5.41, 5.74) is 13.2. The minimum absolute atomic E-state index is 1.25. The Kier molecular flexibility index (Phi) is 6.46. The minimum atomic E-state index is -2.58. The third-order valence-corrected chi connectivity index (χ3v) is 17.4. The molecule has 0 bridgehead atoms. The lowest BCUT2D eigenvalue weighted by molar-refractivity contribution is 1.63. The van der Waals surface area contributed by atoms with E-state index in [0.717, 1.165) is 0 Å². The van der Waals surface area contributed by atoms with E-state index < -0.39 is 8.07 Å². The Balaban J connectivity index is 1.16. The van der Waals surface area contributed by atoms with Gasteiger partial charge in [-0.3, -0.25) is 0 Å². The highest BCUT2D eigenvalue weighted by molar-refractivity contribution is 7.24. The SMILES string of the molecule is c1ccc(-c2c3ccccc3c(-c3ccc4c(c3)[Si]3(c5ccccc5-c5ccccc53)c3ccccc3-4)c3ccccc23)c(-c2cccc3ccccc23)c1. The van der Waals surface area contributed by atoms with Crippen molar-refractivity contribution < 1.29 is 0 Å². The molecular weight excluding hydrogens is 677 g/mol. The molecule has 254 valence electrons. The highest BCUT2D eigenvalue weighted by Crippen LogP contribution is 2.47. The first-order valence-electron chi connectivity index (χ1n) is 19.3. The van der Waals surface area contributed by atoms with Gasteiger partial charge >= 0.3 is 0 Å². The molecule has 10 aromatic carbocycles. The van der Waals surface area contributed by atoms with Crippen LogP contribution >= 0.6 is 0 Å². The van der Waals surface area contributed by atoms with Gasteiger partial charge in [0.05, 0.1) is 0 Å². The summed E-state index contributed by atoms with van der Waals surface area (Å²) < 4.78 is 0. The van der Waals surface area contributed by atoms with Gasteiger partial charge in [0.1, 0.15) is 0 Å². The highest BCUT2D eigenvalue weighted by Gasteiger charge is 2.53. The summed E-state index contributed by atoms with van der Waals surface area (Å²) in [7, 11) is -2.58. The van der Waals surface area contributed by atoms with Crippen LogP contribution in [0.4, 0.5) is 0 Å². The monoisotopic (exact) mass is 710 g/mol. The van der Waals surface area contributed by atoms with Crippen LogP contribution in [0, 0.1) is 0 Å². The standard InChI is InChI=1S/C54H34Si/c1-2-18-37-35(16-1)17-15-28-38(37)39-19-3-4-23-44(39)54-47-26-7-5-24-45(47)53(46-25-6-8-27-48(46)54)36-32-33-43-42-22-11-14-31-51(42)55(52(43)34-36)49-29-12-9-20-40(49)41-21-10-13-30-50(41)55/h1-34H. The lowest BCUT2D eigenvalue weighted by Gasteiger charge is -2.28. The molecule has 0 saturated carbocycles. The van der Waals surface area contributed by atoms with E-state index in [1.165, 1.54) is 109 Å². The van der Waals surface area contributed by atoms with Gasteiger partial charge in [-0.1, -0.05) is 206 Å². The fraction of sp³-hybridized carbons (Fsp3) is 0. The van der Waals surface area contributed by atoms with Crippen LogP contribution in [-0.4, -0.2) is 8.07 Å². The molecule has 2 heterocycles. The normalized spacial score (nSPS) is 13.2. The van der Waals surface area contributed by atoms with Crippen LogP contribution in [0.25, 0.3) is 88.0 Å².